The molecule has 1 heterocycles. The maximum Gasteiger partial charge on any atom is 0.138 e. The van der Waals surface area contributed by atoms with E-state index in [1.807, 2.05) is 49.4 Å². The van der Waals surface area contributed by atoms with E-state index in [0.29, 0.717) is 56.0 Å². The molecule has 0 amide bonds. The molecule has 0 radical (unpaired) electrons. The van der Waals surface area contributed by atoms with Crippen LogP contribution in [0, 0.1) is 6.92 Å². The highest BCUT2D eigenvalue weighted by Gasteiger charge is 2.22. The van der Waals surface area contributed by atoms with E-state index in [-0.39, 0.29) is 0 Å². The largest absolute Gasteiger partial charge is 0.496 e. The summed E-state index contributed by atoms with van der Waals surface area (Å²) in [6.45, 7) is 2.31. The third kappa shape index (κ3) is 3.74. The summed E-state index contributed by atoms with van der Waals surface area (Å²) in [5.74, 6) is 1.39. The van der Waals surface area contributed by atoms with Crippen molar-refractivity contribution >= 4 is 39.9 Å². The van der Waals surface area contributed by atoms with E-state index in [2.05, 4.69) is 9.97 Å². The van der Waals surface area contributed by atoms with Gasteiger partial charge in [-0.15, -0.1) is 0 Å². The predicted octanol–water partition coefficient (Wildman–Crippen LogP) is 6.08. The number of halogens is 2. The van der Waals surface area contributed by atoms with Gasteiger partial charge in [0.1, 0.15) is 30.3 Å². The number of hydrogen-bond donors (Lipinski definition) is 1. The van der Waals surface area contributed by atoms with Crippen molar-refractivity contribution in [2.45, 2.75) is 13.5 Å². The number of aryl methyl sites for hydroxylation is 1. The van der Waals surface area contributed by atoms with E-state index in [1.54, 1.807) is 13.2 Å². The van der Waals surface area contributed by atoms with Crippen LogP contribution in [0.5, 0.6) is 11.5 Å². The minimum atomic E-state index is 0.308. The second kappa shape index (κ2) is 8.38. The summed E-state index contributed by atoms with van der Waals surface area (Å²) < 4.78 is 11.8. The van der Waals surface area contributed by atoms with Crippen molar-refractivity contribution in [1.29, 1.82) is 0 Å². The van der Waals surface area contributed by atoms with Gasteiger partial charge < -0.3 is 15.2 Å². The average molecular weight is 440 g/mol. The van der Waals surface area contributed by atoms with Gasteiger partial charge in [0.15, 0.2) is 0 Å². The molecule has 3 aromatic carbocycles. The fourth-order valence-electron chi connectivity index (χ4n) is 3.39. The van der Waals surface area contributed by atoms with Crippen molar-refractivity contribution in [1.82, 2.24) is 9.97 Å². The number of benzene rings is 3. The summed E-state index contributed by atoms with van der Waals surface area (Å²) in [6, 6.07) is 15.4. The molecule has 0 saturated carbocycles. The third-order valence-corrected chi connectivity index (χ3v) is 5.57. The Kier molecular flexibility index (Phi) is 5.66. The lowest BCUT2D eigenvalue weighted by atomic mass is 9.98. The van der Waals surface area contributed by atoms with Crippen LogP contribution in [0.25, 0.3) is 22.0 Å². The Morgan fingerprint density at radius 1 is 1.00 bits per heavy atom. The highest BCUT2D eigenvalue weighted by molar-refractivity contribution is 6.44. The molecule has 5 nitrogen and oxygen atoms in total. The second-order valence-corrected chi connectivity index (χ2v) is 7.60. The van der Waals surface area contributed by atoms with Crippen LogP contribution in [0.2, 0.25) is 10.0 Å². The molecule has 4 rings (SSSR count). The molecule has 152 valence electrons. The van der Waals surface area contributed by atoms with Crippen LogP contribution >= 0.6 is 23.2 Å². The topological polar surface area (TPSA) is 70.3 Å². The summed E-state index contributed by atoms with van der Waals surface area (Å²) in [5, 5.41) is 1.46. The lowest BCUT2D eigenvalue weighted by Gasteiger charge is -2.18. The first-order valence-corrected chi connectivity index (χ1v) is 9.99. The van der Waals surface area contributed by atoms with E-state index in [9.17, 15) is 0 Å². The number of hydrogen-bond acceptors (Lipinski definition) is 5. The molecule has 7 heteroatoms. The number of anilines is 1. The maximum atomic E-state index is 6.61. The van der Waals surface area contributed by atoms with Crippen LogP contribution in [0.1, 0.15) is 11.1 Å². The zero-order chi connectivity index (χ0) is 21.3. The smallest absolute Gasteiger partial charge is 0.138 e. The Bertz CT molecular complexity index is 1230. The van der Waals surface area contributed by atoms with Gasteiger partial charge in [0.25, 0.3) is 0 Å². The lowest BCUT2D eigenvalue weighted by molar-refractivity contribution is 0.305. The number of fused-ring (bicyclic) bond motifs is 1. The van der Waals surface area contributed by atoms with Gasteiger partial charge in [-0.2, -0.15) is 0 Å². The number of rotatable bonds is 5. The van der Waals surface area contributed by atoms with Crippen LogP contribution in [0.3, 0.4) is 0 Å². The normalized spacial score (nSPS) is 10.9. The Labute approximate surface area is 184 Å². The first kappa shape index (κ1) is 20.3. The molecule has 2 N–H and O–H groups in total. The molecule has 30 heavy (non-hydrogen) atoms. The fraction of sp³-hybridized carbons (Fsp3) is 0.130. The standard InChI is InChI=1S/C23H19Cl2N3O2/c1-13-8-15(21(25)16(24)9-13)19-18(30-11-14-6-4-3-5-7-14)10-17(29-2)20-22(19)27-12-28-23(20)26/h3-10,12H,11H2,1-2H3,(H2,26,27,28). The van der Waals surface area contributed by atoms with Gasteiger partial charge in [-0.05, 0) is 30.2 Å². The fourth-order valence-corrected chi connectivity index (χ4v) is 3.87. The van der Waals surface area contributed by atoms with Crippen molar-refractivity contribution < 1.29 is 9.47 Å². The van der Waals surface area contributed by atoms with E-state index in [4.69, 9.17) is 38.4 Å². The number of nitrogens with two attached hydrogens (primary N) is 1. The molecule has 0 fully saturated rings. The lowest BCUT2D eigenvalue weighted by Crippen LogP contribution is -2.02. The zero-order valence-electron chi connectivity index (χ0n) is 16.4. The number of aromatic nitrogens is 2. The molecular weight excluding hydrogens is 421 g/mol. The minimum Gasteiger partial charge on any atom is -0.496 e. The summed E-state index contributed by atoms with van der Waals surface area (Å²) in [7, 11) is 1.57. The molecule has 0 saturated heterocycles. The molecule has 0 aliphatic rings. The molecule has 0 spiro atoms. The summed E-state index contributed by atoms with van der Waals surface area (Å²) in [5.41, 5.74) is 10.1. The van der Waals surface area contributed by atoms with Gasteiger partial charge in [-0.3, -0.25) is 0 Å². The third-order valence-electron chi connectivity index (χ3n) is 4.77. The molecule has 0 unspecified atom stereocenters. The van der Waals surface area contributed by atoms with Gasteiger partial charge in [0.2, 0.25) is 0 Å². The Hall–Kier alpha value is -3.02. The van der Waals surface area contributed by atoms with Gasteiger partial charge >= 0.3 is 0 Å². The van der Waals surface area contributed by atoms with Crippen LogP contribution < -0.4 is 15.2 Å². The molecule has 0 aliphatic heterocycles. The highest BCUT2D eigenvalue weighted by Crippen LogP contribution is 2.46. The molecule has 4 aromatic rings. The Balaban J connectivity index is 1.99. The van der Waals surface area contributed by atoms with E-state index in [0.717, 1.165) is 11.1 Å². The molecule has 0 aliphatic carbocycles. The number of methoxy groups -OCH3 is 1. The van der Waals surface area contributed by atoms with Crippen molar-refractivity contribution in [2.75, 3.05) is 12.8 Å². The van der Waals surface area contributed by atoms with Gasteiger partial charge in [-0.25, -0.2) is 9.97 Å². The van der Waals surface area contributed by atoms with Gasteiger partial charge in [0.05, 0.1) is 33.6 Å². The van der Waals surface area contributed by atoms with Gasteiger partial charge in [0, 0.05) is 11.6 Å². The van der Waals surface area contributed by atoms with Crippen molar-refractivity contribution in [3.63, 3.8) is 0 Å². The zero-order valence-corrected chi connectivity index (χ0v) is 18.0. The van der Waals surface area contributed by atoms with Crippen molar-refractivity contribution in [3.8, 4) is 22.6 Å². The van der Waals surface area contributed by atoms with Crippen molar-refractivity contribution in [2.24, 2.45) is 0 Å². The quantitative estimate of drug-likeness (QED) is 0.407. The van der Waals surface area contributed by atoms with E-state index in [1.165, 1.54) is 6.33 Å². The van der Waals surface area contributed by atoms with Gasteiger partial charge in [-0.1, -0.05) is 53.5 Å². The maximum absolute atomic E-state index is 6.61. The Morgan fingerprint density at radius 3 is 2.50 bits per heavy atom. The first-order valence-electron chi connectivity index (χ1n) is 9.23. The minimum absolute atomic E-state index is 0.308. The summed E-state index contributed by atoms with van der Waals surface area (Å²) >= 11 is 13.0. The molecule has 0 bridgehead atoms. The second-order valence-electron chi connectivity index (χ2n) is 6.82. The Morgan fingerprint density at radius 2 is 1.77 bits per heavy atom. The summed E-state index contributed by atoms with van der Waals surface area (Å²) in [6.07, 6.45) is 1.41. The average Bonchev–Trinajstić information content (AvgIpc) is 2.75. The SMILES string of the molecule is COc1cc(OCc2ccccc2)c(-c2cc(C)cc(Cl)c2Cl)c2ncnc(N)c12. The van der Waals surface area contributed by atoms with Crippen LogP contribution in [0.15, 0.2) is 54.9 Å². The number of nitrogens with zero attached hydrogens (tertiary/aromatic N) is 2. The predicted molar refractivity (Wildman–Crippen MR) is 121 cm³/mol. The monoisotopic (exact) mass is 439 g/mol. The van der Waals surface area contributed by atoms with Crippen LogP contribution in [-0.4, -0.2) is 17.1 Å². The number of nitrogen functional groups attached to an aromatic ring is 1. The van der Waals surface area contributed by atoms with E-state index < -0.39 is 0 Å². The molecular formula is C23H19Cl2N3O2. The molecule has 1 aromatic heterocycles. The summed E-state index contributed by atoms with van der Waals surface area (Å²) in [4.78, 5) is 8.61. The number of ether oxygens (including phenoxy) is 2. The van der Waals surface area contributed by atoms with E-state index >= 15 is 0 Å². The van der Waals surface area contributed by atoms with Crippen LogP contribution in [0.4, 0.5) is 5.82 Å². The molecule has 0 atom stereocenters. The van der Waals surface area contributed by atoms with Crippen molar-refractivity contribution in [3.05, 3.63) is 76.0 Å². The van der Waals surface area contributed by atoms with Crippen LogP contribution in [-0.2, 0) is 6.61 Å². The highest BCUT2D eigenvalue weighted by atomic mass is 35.5. The first-order chi connectivity index (χ1) is 14.5.